The van der Waals surface area contributed by atoms with E-state index in [1.807, 2.05) is 11.3 Å². The molecule has 1 fully saturated rings. The molecule has 1 aromatic rings. The maximum absolute atomic E-state index is 4.80. The van der Waals surface area contributed by atoms with Crippen LogP contribution in [0, 0.1) is 19.8 Å². The molecule has 1 aliphatic rings. The van der Waals surface area contributed by atoms with Gasteiger partial charge in [0.1, 0.15) is 5.01 Å². The summed E-state index contributed by atoms with van der Waals surface area (Å²) >= 11 is 1.86. The topological polar surface area (TPSA) is 37.0 Å². The standard InChI is InChI=1S/C13H23N3S/c1-5-15-13(6-7-14-8-9(13)2)12-16-10(3)11(4)17-12/h9,14-15H,5-8H2,1-4H3. The maximum atomic E-state index is 4.80. The second-order valence-electron chi connectivity index (χ2n) is 5.02. The second-order valence-corrected chi connectivity index (χ2v) is 6.22. The van der Waals surface area contributed by atoms with Crippen LogP contribution in [0.4, 0.5) is 0 Å². The highest BCUT2D eigenvalue weighted by Gasteiger charge is 2.41. The van der Waals surface area contributed by atoms with Crippen LogP contribution in [0.25, 0.3) is 0 Å². The van der Waals surface area contributed by atoms with Crippen LogP contribution in [0.5, 0.6) is 0 Å². The fraction of sp³-hybridized carbons (Fsp3) is 0.769. The quantitative estimate of drug-likeness (QED) is 0.867. The molecule has 2 rings (SSSR count). The molecule has 0 spiro atoms. The SMILES string of the molecule is CCNC1(c2nc(C)c(C)s2)CCNCC1C. The number of aromatic nitrogens is 1. The molecule has 2 heterocycles. The van der Waals surface area contributed by atoms with E-state index in [0.29, 0.717) is 5.92 Å². The summed E-state index contributed by atoms with van der Waals surface area (Å²) in [6.07, 6.45) is 1.13. The molecule has 0 amide bonds. The predicted molar refractivity (Wildman–Crippen MR) is 73.6 cm³/mol. The summed E-state index contributed by atoms with van der Waals surface area (Å²) in [6.45, 7) is 11.9. The number of hydrogen-bond acceptors (Lipinski definition) is 4. The van der Waals surface area contributed by atoms with Crippen LogP contribution in [0.2, 0.25) is 0 Å². The Morgan fingerprint density at radius 1 is 1.53 bits per heavy atom. The third kappa shape index (κ3) is 2.26. The Hall–Kier alpha value is -0.450. The van der Waals surface area contributed by atoms with E-state index in [9.17, 15) is 0 Å². The zero-order chi connectivity index (χ0) is 12.5. The highest BCUT2D eigenvalue weighted by atomic mass is 32.1. The third-order valence-electron chi connectivity index (χ3n) is 3.89. The Labute approximate surface area is 108 Å². The summed E-state index contributed by atoms with van der Waals surface area (Å²) in [5.74, 6) is 0.584. The van der Waals surface area contributed by atoms with Gasteiger partial charge in [0.15, 0.2) is 0 Å². The smallest absolute Gasteiger partial charge is 0.114 e. The lowest BCUT2D eigenvalue weighted by Crippen LogP contribution is -2.55. The number of rotatable bonds is 3. The fourth-order valence-corrected chi connectivity index (χ4v) is 3.88. The van der Waals surface area contributed by atoms with Crippen molar-refractivity contribution in [2.24, 2.45) is 5.92 Å². The summed E-state index contributed by atoms with van der Waals surface area (Å²) in [5.41, 5.74) is 1.27. The van der Waals surface area contributed by atoms with Gasteiger partial charge in [-0.25, -0.2) is 4.98 Å². The largest absolute Gasteiger partial charge is 0.316 e. The van der Waals surface area contributed by atoms with Gasteiger partial charge in [0.25, 0.3) is 0 Å². The first-order valence-electron chi connectivity index (χ1n) is 6.50. The molecule has 1 aromatic heterocycles. The average molecular weight is 253 g/mol. The van der Waals surface area contributed by atoms with Crippen molar-refractivity contribution in [3.63, 3.8) is 0 Å². The minimum absolute atomic E-state index is 0.0870. The summed E-state index contributed by atoms with van der Waals surface area (Å²) in [6, 6.07) is 0. The molecule has 3 nitrogen and oxygen atoms in total. The number of piperidine rings is 1. The van der Waals surface area contributed by atoms with Crippen molar-refractivity contribution in [3.05, 3.63) is 15.6 Å². The van der Waals surface area contributed by atoms with Gasteiger partial charge in [-0.2, -0.15) is 0 Å². The van der Waals surface area contributed by atoms with Crippen molar-refractivity contribution < 1.29 is 0 Å². The van der Waals surface area contributed by atoms with E-state index in [0.717, 1.165) is 26.1 Å². The Morgan fingerprint density at radius 2 is 2.29 bits per heavy atom. The van der Waals surface area contributed by atoms with Gasteiger partial charge < -0.3 is 10.6 Å². The first-order valence-corrected chi connectivity index (χ1v) is 7.32. The van der Waals surface area contributed by atoms with E-state index in [1.165, 1.54) is 15.6 Å². The lowest BCUT2D eigenvalue weighted by molar-refractivity contribution is 0.170. The molecular weight excluding hydrogens is 230 g/mol. The van der Waals surface area contributed by atoms with Crippen molar-refractivity contribution in [2.45, 2.75) is 39.7 Å². The van der Waals surface area contributed by atoms with Crippen LogP contribution in [0.3, 0.4) is 0 Å². The first-order chi connectivity index (χ1) is 8.10. The number of thiazole rings is 1. The molecule has 2 unspecified atom stereocenters. The zero-order valence-corrected chi connectivity index (χ0v) is 12.1. The monoisotopic (exact) mass is 253 g/mol. The number of nitrogens with one attached hydrogen (secondary N) is 2. The van der Waals surface area contributed by atoms with Crippen molar-refractivity contribution in [3.8, 4) is 0 Å². The summed E-state index contributed by atoms with van der Waals surface area (Å²) in [5, 5.41) is 8.47. The van der Waals surface area contributed by atoms with E-state index in [2.05, 4.69) is 38.3 Å². The summed E-state index contributed by atoms with van der Waals surface area (Å²) < 4.78 is 0. The molecule has 17 heavy (non-hydrogen) atoms. The molecule has 0 bridgehead atoms. The highest BCUT2D eigenvalue weighted by Crippen LogP contribution is 2.38. The minimum atomic E-state index is 0.0870. The van der Waals surface area contributed by atoms with E-state index in [-0.39, 0.29) is 5.54 Å². The normalized spacial score (nSPS) is 29.5. The second kappa shape index (κ2) is 5.04. The lowest BCUT2D eigenvalue weighted by atomic mass is 9.80. The van der Waals surface area contributed by atoms with E-state index >= 15 is 0 Å². The Bertz CT molecular complexity index is 365. The molecule has 1 saturated heterocycles. The van der Waals surface area contributed by atoms with Crippen LogP contribution in [0.15, 0.2) is 0 Å². The van der Waals surface area contributed by atoms with Crippen LogP contribution in [-0.4, -0.2) is 24.6 Å². The van der Waals surface area contributed by atoms with Crippen molar-refractivity contribution in [2.75, 3.05) is 19.6 Å². The fourth-order valence-electron chi connectivity index (χ4n) is 2.66. The lowest BCUT2D eigenvalue weighted by Gasteiger charge is -2.42. The van der Waals surface area contributed by atoms with Gasteiger partial charge in [0.05, 0.1) is 11.2 Å². The highest BCUT2D eigenvalue weighted by molar-refractivity contribution is 7.11. The molecule has 96 valence electrons. The zero-order valence-electron chi connectivity index (χ0n) is 11.3. The molecular formula is C13H23N3S. The van der Waals surface area contributed by atoms with E-state index in [1.54, 1.807) is 0 Å². The van der Waals surface area contributed by atoms with Crippen LogP contribution < -0.4 is 10.6 Å². The third-order valence-corrected chi connectivity index (χ3v) is 5.14. The van der Waals surface area contributed by atoms with Gasteiger partial charge in [-0.05, 0) is 45.8 Å². The number of hydrogen-bond donors (Lipinski definition) is 2. The van der Waals surface area contributed by atoms with Crippen molar-refractivity contribution in [1.82, 2.24) is 15.6 Å². The van der Waals surface area contributed by atoms with Gasteiger partial charge in [0, 0.05) is 4.88 Å². The van der Waals surface area contributed by atoms with Crippen molar-refractivity contribution in [1.29, 1.82) is 0 Å². The van der Waals surface area contributed by atoms with Gasteiger partial charge in [-0.15, -0.1) is 11.3 Å². The summed E-state index contributed by atoms with van der Waals surface area (Å²) in [7, 11) is 0. The van der Waals surface area contributed by atoms with Crippen LogP contribution in [-0.2, 0) is 5.54 Å². The van der Waals surface area contributed by atoms with Crippen molar-refractivity contribution >= 4 is 11.3 Å². The minimum Gasteiger partial charge on any atom is -0.316 e. The molecule has 2 N–H and O–H groups in total. The summed E-state index contributed by atoms with van der Waals surface area (Å²) in [4.78, 5) is 6.15. The van der Waals surface area contributed by atoms with E-state index < -0.39 is 0 Å². The molecule has 0 saturated carbocycles. The molecule has 2 atom stereocenters. The Kier molecular flexibility index (Phi) is 3.85. The Balaban J connectivity index is 2.38. The van der Waals surface area contributed by atoms with Gasteiger partial charge >= 0.3 is 0 Å². The first kappa shape index (κ1) is 13.0. The number of aryl methyl sites for hydroxylation is 2. The van der Waals surface area contributed by atoms with Gasteiger partial charge in [0.2, 0.25) is 0 Å². The molecule has 0 aromatic carbocycles. The molecule has 0 radical (unpaired) electrons. The number of nitrogens with zero attached hydrogens (tertiary/aromatic N) is 1. The average Bonchev–Trinajstić information content (AvgIpc) is 2.63. The van der Waals surface area contributed by atoms with E-state index in [4.69, 9.17) is 4.98 Å². The van der Waals surface area contributed by atoms with Gasteiger partial charge in [-0.1, -0.05) is 13.8 Å². The van der Waals surface area contributed by atoms with Crippen LogP contribution in [0.1, 0.15) is 35.8 Å². The maximum Gasteiger partial charge on any atom is 0.114 e. The molecule has 0 aliphatic carbocycles. The van der Waals surface area contributed by atoms with Crippen LogP contribution >= 0.6 is 11.3 Å². The predicted octanol–water partition coefficient (Wildman–Crippen LogP) is 2.19. The molecule has 4 heteroatoms. The Morgan fingerprint density at radius 3 is 2.82 bits per heavy atom. The molecule has 1 aliphatic heterocycles. The van der Waals surface area contributed by atoms with Gasteiger partial charge in [-0.3, -0.25) is 0 Å².